The average molecular weight is 602 g/mol. The van der Waals surface area contributed by atoms with Crippen LogP contribution in [0.5, 0.6) is 17.2 Å². The number of aromatic amines is 1. The fourth-order valence-electron chi connectivity index (χ4n) is 6.80. The van der Waals surface area contributed by atoms with Gasteiger partial charge in [0.25, 0.3) is 0 Å². The lowest BCUT2D eigenvalue weighted by atomic mass is 9.91. The van der Waals surface area contributed by atoms with Crippen LogP contribution >= 0.6 is 0 Å². The van der Waals surface area contributed by atoms with Crippen LogP contribution in [-0.4, -0.2) is 86.3 Å². The Morgan fingerprint density at radius 3 is 2.61 bits per heavy atom. The molecule has 8 nitrogen and oxygen atoms in total. The van der Waals surface area contributed by atoms with Crippen molar-refractivity contribution in [3.8, 4) is 17.2 Å². The van der Waals surface area contributed by atoms with E-state index in [1.165, 1.54) is 30.2 Å². The van der Waals surface area contributed by atoms with E-state index in [4.69, 9.17) is 18.9 Å². The maximum absolute atomic E-state index is 9.99. The Hall–Kier alpha value is -3.30. The van der Waals surface area contributed by atoms with Crippen LogP contribution < -0.4 is 19.5 Å². The molecule has 1 saturated carbocycles. The van der Waals surface area contributed by atoms with Crippen LogP contribution in [0.25, 0.3) is 21.8 Å². The minimum absolute atomic E-state index is 0.181. The van der Waals surface area contributed by atoms with E-state index in [0.29, 0.717) is 25.9 Å². The molecule has 2 fully saturated rings. The van der Waals surface area contributed by atoms with E-state index in [-0.39, 0.29) is 12.2 Å². The molecule has 0 spiro atoms. The molecule has 4 aromatic rings. The zero-order valence-electron chi connectivity index (χ0n) is 25.9. The van der Waals surface area contributed by atoms with Gasteiger partial charge in [-0.3, -0.25) is 4.90 Å². The number of ether oxygens (including phenoxy) is 4. The highest BCUT2D eigenvalue weighted by atomic mass is 16.5. The van der Waals surface area contributed by atoms with Gasteiger partial charge < -0.3 is 34.4 Å². The number of hydrogen-bond donors (Lipinski definition) is 3. The van der Waals surface area contributed by atoms with E-state index in [0.717, 1.165) is 85.5 Å². The lowest BCUT2D eigenvalue weighted by molar-refractivity contribution is -0.0316. The summed E-state index contributed by atoms with van der Waals surface area (Å²) >= 11 is 0. The molecule has 1 aliphatic carbocycles. The number of methoxy groups -OCH3 is 1. The van der Waals surface area contributed by atoms with Crippen molar-refractivity contribution in [1.29, 1.82) is 0 Å². The van der Waals surface area contributed by atoms with Crippen molar-refractivity contribution < 1.29 is 24.1 Å². The highest BCUT2D eigenvalue weighted by Crippen LogP contribution is 2.33. The van der Waals surface area contributed by atoms with Gasteiger partial charge in [0, 0.05) is 42.0 Å². The third-order valence-corrected chi connectivity index (χ3v) is 9.07. The van der Waals surface area contributed by atoms with Crippen molar-refractivity contribution in [2.75, 3.05) is 53.1 Å². The summed E-state index contributed by atoms with van der Waals surface area (Å²) in [4.78, 5) is 5.91. The Bertz CT molecular complexity index is 1490. The molecule has 2 aliphatic rings. The quantitative estimate of drug-likeness (QED) is 0.151. The molecule has 1 aliphatic heterocycles. The summed E-state index contributed by atoms with van der Waals surface area (Å²) in [5.41, 5.74) is 3.41. The number of β-amino-alcohol motifs (C(OH)–C–C–N with tert-alkyl or cyclic N) is 1. The summed E-state index contributed by atoms with van der Waals surface area (Å²) in [7, 11) is 1.69. The largest absolute Gasteiger partial charge is 0.493 e. The fraction of sp³-hybridized carbons (Fsp3) is 0.500. The van der Waals surface area contributed by atoms with Gasteiger partial charge >= 0.3 is 0 Å². The Kier molecular flexibility index (Phi) is 10.6. The third-order valence-electron chi connectivity index (χ3n) is 9.07. The van der Waals surface area contributed by atoms with Crippen molar-refractivity contribution in [2.45, 2.75) is 63.2 Å². The van der Waals surface area contributed by atoms with Crippen LogP contribution in [0, 0.1) is 0 Å². The number of hydrogen-bond acceptors (Lipinski definition) is 7. The predicted molar refractivity (Wildman–Crippen MR) is 175 cm³/mol. The highest BCUT2D eigenvalue weighted by Gasteiger charge is 2.34. The lowest BCUT2D eigenvalue weighted by Crippen LogP contribution is -2.46. The monoisotopic (exact) mass is 601 g/mol. The smallest absolute Gasteiger partial charge is 0.161 e. The third kappa shape index (κ3) is 7.49. The van der Waals surface area contributed by atoms with Gasteiger partial charge in [-0.15, -0.1) is 0 Å². The number of aliphatic hydroxyl groups is 1. The molecule has 0 radical (unpaired) electrons. The molecule has 2 heterocycles. The summed E-state index contributed by atoms with van der Waals surface area (Å²) in [6.45, 7) is 5.26. The number of nitrogens with one attached hydrogen (secondary N) is 2. The number of benzene rings is 3. The van der Waals surface area contributed by atoms with Crippen LogP contribution in [0.2, 0.25) is 0 Å². The molecule has 0 amide bonds. The number of H-pyrrole nitrogens is 1. The number of nitrogens with zero attached hydrogens (tertiary/aromatic N) is 1. The summed E-state index contributed by atoms with van der Waals surface area (Å²) < 4.78 is 24.3. The van der Waals surface area contributed by atoms with E-state index >= 15 is 0 Å². The Labute approximate surface area is 260 Å². The van der Waals surface area contributed by atoms with E-state index < -0.39 is 0 Å². The van der Waals surface area contributed by atoms with Crippen LogP contribution in [0.3, 0.4) is 0 Å². The lowest BCUT2D eigenvalue weighted by Gasteiger charge is -2.37. The Balaban J connectivity index is 0.891. The molecule has 3 aromatic carbocycles. The molecule has 8 heteroatoms. The Morgan fingerprint density at radius 1 is 0.864 bits per heavy atom. The molecule has 3 atom stereocenters. The zero-order valence-corrected chi connectivity index (χ0v) is 25.9. The van der Waals surface area contributed by atoms with Crippen molar-refractivity contribution in [3.63, 3.8) is 0 Å². The standard InChI is InChI=1S/C36H47N3O5/c1-41-35-24-26(17-22-43-32-12-5-4-11-31(32)39-20-16-27(40)25-39)14-15-33(35)44-23-19-37-18-7-21-42-34-13-6-10-30-36(34)28-8-2-3-9-29(28)38-30/h2-3,6,8-10,13-15,24,27,31-32,37-38,40H,4-5,7,11-12,16-23,25H2,1H3/t27-,31-,32-/m1/s1. The summed E-state index contributed by atoms with van der Waals surface area (Å²) in [6.07, 6.45) is 7.45. The number of aliphatic hydroxyl groups excluding tert-OH is 1. The highest BCUT2D eigenvalue weighted by molar-refractivity contribution is 6.10. The number of para-hydroxylation sites is 1. The first-order valence-corrected chi connectivity index (χ1v) is 16.4. The molecular weight excluding hydrogens is 554 g/mol. The molecule has 1 saturated heterocycles. The number of fused-ring (bicyclic) bond motifs is 3. The molecule has 236 valence electrons. The average Bonchev–Trinajstić information content (AvgIpc) is 3.66. The van der Waals surface area contributed by atoms with Gasteiger partial charge in [0.15, 0.2) is 11.5 Å². The second-order valence-electron chi connectivity index (χ2n) is 12.1. The van der Waals surface area contributed by atoms with Crippen molar-refractivity contribution in [1.82, 2.24) is 15.2 Å². The van der Waals surface area contributed by atoms with Gasteiger partial charge in [0.2, 0.25) is 0 Å². The molecular formula is C36H47N3O5. The van der Waals surface area contributed by atoms with Gasteiger partial charge in [0.05, 0.1) is 38.0 Å². The molecule has 6 rings (SSSR count). The second-order valence-corrected chi connectivity index (χ2v) is 12.1. The maximum atomic E-state index is 9.99. The molecule has 0 unspecified atom stereocenters. The van der Waals surface area contributed by atoms with Gasteiger partial charge in [-0.1, -0.05) is 43.2 Å². The fourth-order valence-corrected chi connectivity index (χ4v) is 6.80. The van der Waals surface area contributed by atoms with Crippen molar-refractivity contribution in [3.05, 3.63) is 66.2 Å². The second kappa shape index (κ2) is 15.1. The number of rotatable bonds is 15. The van der Waals surface area contributed by atoms with E-state index in [1.54, 1.807) is 7.11 Å². The van der Waals surface area contributed by atoms with Crippen LogP contribution in [0.4, 0.5) is 0 Å². The van der Waals surface area contributed by atoms with Gasteiger partial charge in [-0.05, 0) is 74.5 Å². The first-order chi connectivity index (χ1) is 21.7. The number of likely N-dealkylation sites (tertiary alicyclic amines) is 1. The molecule has 1 aromatic heterocycles. The predicted octanol–water partition coefficient (Wildman–Crippen LogP) is 5.70. The Morgan fingerprint density at radius 2 is 1.73 bits per heavy atom. The van der Waals surface area contributed by atoms with Crippen molar-refractivity contribution >= 4 is 21.8 Å². The van der Waals surface area contributed by atoms with Gasteiger partial charge in [-0.25, -0.2) is 0 Å². The SMILES string of the molecule is COc1cc(CCO[C@@H]2CCCC[C@H]2N2CC[C@@H](O)C2)ccc1OCCNCCCOc1cccc2[nH]c3ccccc3c12. The van der Waals surface area contributed by atoms with Crippen LogP contribution in [0.15, 0.2) is 60.7 Å². The van der Waals surface area contributed by atoms with Gasteiger partial charge in [-0.2, -0.15) is 0 Å². The minimum atomic E-state index is -0.181. The van der Waals surface area contributed by atoms with Crippen LogP contribution in [-0.2, 0) is 11.2 Å². The van der Waals surface area contributed by atoms with Gasteiger partial charge in [0.1, 0.15) is 12.4 Å². The maximum Gasteiger partial charge on any atom is 0.161 e. The summed E-state index contributed by atoms with van der Waals surface area (Å²) in [5.74, 6) is 2.43. The molecule has 44 heavy (non-hydrogen) atoms. The number of aromatic nitrogens is 1. The van der Waals surface area contributed by atoms with E-state index in [9.17, 15) is 5.11 Å². The van der Waals surface area contributed by atoms with E-state index in [1.807, 2.05) is 24.3 Å². The minimum Gasteiger partial charge on any atom is -0.493 e. The normalized spacial score (nSPS) is 20.8. The molecule has 0 bridgehead atoms. The zero-order chi connectivity index (χ0) is 30.1. The summed E-state index contributed by atoms with van der Waals surface area (Å²) in [6, 6.07) is 21.1. The summed E-state index contributed by atoms with van der Waals surface area (Å²) in [5, 5.41) is 15.8. The van der Waals surface area contributed by atoms with Crippen LogP contribution in [0.1, 0.15) is 44.1 Å². The van der Waals surface area contributed by atoms with Crippen molar-refractivity contribution in [2.24, 2.45) is 0 Å². The molecule has 3 N–H and O–H groups in total. The topological polar surface area (TPSA) is 88.2 Å². The van der Waals surface area contributed by atoms with E-state index in [2.05, 4.69) is 51.6 Å². The first-order valence-electron chi connectivity index (χ1n) is 16.4. The first kappa shape index (κ1) is 30.7.